The second kappa shape index (κ2) is 6.60. The summed E-state index contributed by atoms with van der Waals surface area (Å²) in [4.78, 5) is 11.2. The molecule has 0 spiro atoms. The Kier molecular flexibility index (Phi) is 5.03. The van der Waals surface area contributed by atoms with Crippen LogP contribution in [0.1, 0.15) is 18.4 Å². The van der Waals surface area contributed by atoms with Gasteiger partial charge in [0.15, 0.2) is 0 Å². The first-order chi connectivity index (χ1) is 9.88. The molecule has 1 aliphatic heterocycles. The second-order valence-electron chi connectivity index (χ2n) is 5.00. The van der Waals surface area contributed by atoms with Crippen LogP contribution >= 0.6 is 11.6 Å². The summed E-state index contributed by atoms with van der Waals surface area (Å²) in [7, 11) is -3.55. The van der Waals surface area contributed by atoms with Crippen LogP contribution in [0.3, 0.4) is 0 Å². The van der Waals surface area contributed by atoms with Crippen LogP contribution in [-0.4, -0.2) is 31.7 Å². The Labute approximate surface area is 129 Å². The molecule has 114 valence electrons. The minimum atomic E-state index is -3.55. The van der Waals surface area contributed by atoms with E-state index in [0.717, 1.165) is 11.0 Å². The highest BCUT2D eigenvalue weighted by molar-refractivity contribution is 7.92. The third-order valence-corrected chi connectivity index (χ3v) is 5.23. The molecule has 1 aromatic rings. The number of nitrogens with zero attached hydrogens (tertiary/aromatic N) is 1. The SMILES string of the molecule is NC(=O)[C@H]1CCCN(S(=O)(=O)/C=C/c2ccc(Cl)cc2)C1. The molecule has 1 aromatic carbocycles. The van der Waals surface area contributed by atoms with Crippen LogP contribution in [0.4, 0.5) is 0 Å². The Morgan fingerprint density at radius 1 is 1.33 bits per heavy atom. The number of hydrogen-bond donors (Lipinski definition) is 1. The largest absolute Gasteiger partial charge is 0.369 e. The highest BCUT2D eigenvalue weighted by Gasteiger charge is 2.29. The molecule has 1 amide bonds. The molecule has 2 rings (SSSR count). The van der Waals surface area contributed by atoms with E-state index in [4.69, 9.17) is 17.3 Å². The van der Waals surface area contributed by atoms with Gasteiger partial charge in [-0.25, -0.2) is 8.42 Å². The molecule has 0 saturated carbocycles. The molecule has 1 fully saturated rings. The molecule has 0 bridgehead atoms. The summed E-state index contributed by atoms with van der Waals surface area (Å²) < 4.78 is 25.8. The maximum absolute atomic E-state index is 12.3. The number of benzene rings is 1. The molecule has 0 aliphatic carbocycles. The lowest BCUT2D eigenvalue weighted by atomic mass is 9.99. The van der Waals surface area contributed by atoms with E-state index in [-0.39, 0.29) is 6.54 Å². The number of hydrogen-bond acceptors (Lipinski definition) is 3. The van der Waals surface area contributed by atoms with Gasteiger partial charge in [-0.2, -0.15) is 4.31 Å². The zero-order chi connectivity index (χ0) is 15.5. The summed E-state index contributed by atoms with van der Waals surface area (Å²) in [5.41, 5.74) is 6.00. The molecule has 0 radical (unpaired) electrons. The molecular formula is C14H17ClN2O3S. The van der Waals surface area contributed by atoms with Crippen LogP contribution < -0.4 is 5.73 Å². The summed E-state index contributed by atoms with van der Waals surface area (Å²) in [5, 5.41) is 1.75. The fourth-order valence-corrected chi connectivity index (χ4v) is 3.63. The third-order valence-electron chi connectivity index (χ3n) is 3.45. The van der Waals surface area contributed by atoms with Crippen LogP contribution in [0.15, 0.2) is 29.7 Å². The average Bonchev–Trinajstić information content (AvgIpc) is 2.47. The van der Waals surface area contributed by atoms with Crippen LogP contribution in [0, 0.1) is 5.92 Å². The quantitative estimate of drug-likeness (QED) is 0.915. The molecule has 5 nitrogen and oxygen atoms in total. The molecule has 1 heterocycles. The van der Waals surface area contributed by atoms with Gasteiger partial charge in [0.25, 0.3) is 0 Å². The Hall–Kier alpha value is -1.37. The molecule has 21 heavy (non-hydrogen) atoms. The topological polar surface area (TPSA) is 80.5 Å². The summed E-state index contributed by atoms with van der Waals surface area (Å²) >= 11 is 5.77. The molecule has 1 atom stereocenters. The molecule has 0 unspecified atom stereocenters. The summed E-state index contributed by atoms with van der Waals surface area (Å²) in [6, 6.07) is 6.85. The highest BCUT2D eigenvalue weighted by Crippen LogP contribution is 2.20. The lowest BCUT2D eigenvalue weighted by molar-refractivity contribution is -0.122. The monoisotopic (exact) mass is 328 g/mol. The Bertz CT molecular complexity index is 641. The van der Waals surface area contributed by atoms with E-state index in [2.05, 4.69) is 0 Å². The fourth-order valence-electron chi connectivity index (χ4n) is 2.23. The highest BCUT2D eigenvalue weighted by atomic mass is 35.5. The van der Waals surface area contributed by atoms with Crippen molar-refractivity contribution in [2.24, 2.45) is 11.7 Å². The average molecular weight is 329 g/mol. The van der Waals surface area contributed by atoms with Gasteiger partial charge in [0.2, 0.25) is 15.9 Å². The predicted octanol–water partition coefficient (Wildman–Crippen LogP) is 1.84. The van der Waals surface area contributed by atoms with Gasteiger partial charge < -0.3 is 5.73 Å². The number of carbonyl (C=O) groups is 1. The standard InChI is InChI=1S/C14H17ClN2O3S/c15-13-5-3-11(4-6-13)7-9-21(19,20)17-8-1-2-12(10-17)14(16)18/h3-7,9,12H,1-2,8,10H2,(H2,16,18)/b9-7+/t12-/m0/s1. The van der Waals surface area contributed by atoms with E-state index >= 15 is 0 Å². The van der Waals surface area contributed by atoms with Crippen LogP contribution in [-0.2, 0) is 14.8 Å². The van der Waals surface area contributed by atoms with Crippen molar-refractivity contribution >= 4 is 33.6 Å². The molecule has 1 aliphatic rings. The van der Waals surface area contributed by atoms with Crippen molar-refractivity contribution in [1.82, 2.24) is 4.31 Å². The van der Waals surface area contributed by atoms with Crippen molar-refractivity contribution in [3.63, 3.8) is 0 Å². The molecule has 2 N–H and O–H groups in total. The van der Waals surface area contributed by atoms with E-state index in [1.807, 2.05) is 0 Å². The zero-order valence-corrected chi connectivity index (χ0v) is 13.0. The van der Waals surface area contributed by atoms with Crippen molar-refractivity contribution < 1.29 is 13.2 Å². The van der Waals surface area contributed by atoms with E-state index in [1.165, 1.54) is 10.4 Å². The number of sulfonamides is 1. The van der Waals surface area contributed by atoms with E-state index in [0.29, 0.717) is 24.4 Å². The van der Waals surface area contributed by atoms with Gasteiger partial charge >= 0.3 is 0 Å². The molecule has 7 heteroatoms. The van der Waals surface area contributed by atoms with Gasteiger partial charge in [0, 0.05) is 23.5 Å². The van der Waals surface area contributed by atoms with Gasteiger partial charge in [0.05, 0.1) is 5.92 Å². The Morgan fingerprint density at radius 3 is 2.62 bits per heavy atom. The minimum absolute atomic E-state index is 0.155. The van der Waals surface area contributed by atoms with Crippen LogP contribution in [0.2, 0.25) is 5.02 Å². The van der Waals surface area contributed by atoms with Crippen molar-refractivity contribution in [3.8, 4) is 0 Å². The zero-order valence-electron chi connectivity index (χ0n) is 11.4. The number of carbonyl (C=O) groups excluding carboxylic acids is 1. The Balaban J connectivity index is 2.10. The van der Waals surface area contributed by atoms with Crippen molar-refractivity contribution in [3.05, 3.63) is 40.3 Å². The first-order valence-electron chi connectivity index (χ1n) is 6.61. The van der Waals surface area contributed by atoms with E-state index < -0.39 is 21.8 Å². The number of rotatable bonds is 4. The molecular weight excluding hydrogens is 312 g/mol. The third kappa shape index (κ3) is 4.30. The number of halogens is 1. The second-order valence-corrected chi connectivity index (χ2v) is 7.25. The van der Waals surface area contributed by atoms with Gasteiger partial charge in [-0.05, 0) is 36.6 Å². The predicted molar refractivity (Wildman–Crippen MR) is 82.9 cm³/mol. The maximum Gasteiger partial charge on any atom is 0.236 e. The van der Waals surface area contributed by atoms with Crippen molar-refractivity contribution in [1.29, 1.82) is 0 Å². The number of amides is 1. The smallest absolute Gasteiger partial charge is 0.236 e. The van der Waals surface area contributed by atoms with Gasteiger partial charge in [-0.1, -0.05) is 23.7 Å². The van der Waals surface area contributed by atoms with Crippen molar-refractivity contribution in [2.75, 3.05) is 13.1 Å². The van der Waals surface area contributed by atoms with Gasteiger partial charge in [-0.15, -0.1) is 0 Å². The van der Waals surface area contributed by atoms with Gasteiger partial charge in [-0.3, -0.25) is 4.79 Å². The minimum Gasteiger partial charge on any atom is -0.369 e. The Morgan fingerprint density at radius 2 is 2.00 bits per heavy atom. The normalized spacial score (nSPS) is 20.7. The lowest BCUT2D eigenvalue weighted by Gasteiger charge is -2.29. The van der Waals surface area contributed by atoms with E-state index in [1.54, 1.807) is 24.3 Å². The maximum atomic E-state index is 12.3. The summed E-state index contributed by atoms with van der Waals surface area (Å²) in [6.07, 6.45) is 2.80. The number of nitrogens with two attached hydrogens (primary N) is 1. The molecule has 0 aromatic heterocycles. The van der Waals surface area contributed by atoms with Crippen LogP contribution in [0.25, 0.3) is 6.08 Å². The number of piperidine rings is 1. The lowest BCUT2D eigenvalue weighted by Crippen LogP contribution is -2.43. The van der Waals surface area contributed by atoms with Gasteiger partial charge in [0.1, 0.15) is 0 Å². The first kappa shape index (κ1) is 16.0. The molecule has 1 saturated heterocycles. The summed E-state index contributed by atoms with van der Waals surface area (Å²) in [6.45, 7) is 0.569. The van der Waals surface area contributed by atoms with Crippen LogP contribution in [0.5, 0.6) is 0 Å². The first-order valence-corrected chi connectivity index (χ1v) is 8.50. The van der Waals surface area contributed by atoms with Crippen molar-refractivity contribution in [2.45, 2.75) is 12.8 Å². The summed E-state index contributed by atoms with van der Waals surface area (Å²) in [5.74, 6) is -0.853. The number of primary amides is 1. The fraction of sp³-hybridized carbons (Fsp3) is 0.357. The van der Waals surface area contributed by atoms with E-state index in [9.17, 15) is 13.2 Å².